The molecule has 0 saturated carbocycles. The first kappa shape index (κ1) is 18.0. The lowest BCUT2D eigenvalue weighted by molar-refractivity contribution is -0.188. The highest BCUT2D eigenvalue weighted by Crippen LogP contribution is 2.30. The minimum absolute atomic E-state index is 0.0491. The van der Waals surface area contributed by atoms with E-state index in [1.807, 2.05) is 46.4 Å². The molecule has 1 aliphatic heterocycles. The summed E-state index contributed by atoms with van der Waals surface area (Å²) in [6.07, 6.45) is 1.61. The van der Waals surface area contributed by atoms with Gasteiger partial charge in [0.15, 0.2) is 0 Å². The molecule has 1 saturated heterocycles. The van der Waals surface area contributed by atoms with Crippen LogP contribution in [-0.2, 0) is 19.1 Å². The highest BCUT2D eigenvalue weighted by Gasteiger charge is 2.44. The van der Waals surface area contributed by atoms with E-state index in [9.17, 15) is 9.59 Å². The van der Waals surface area contributed by atoms with E-state index in [0.717, 1.165) is 12.8 Å². The molecule has 0 spiro atoms. The lowest BCUT2D eigenvalue weighted by Gasteiger charge is -2.44. The van der Waals surface area contributed by atoms with E-state index in [0.29, 0.717) is 13.1 Å². The first-order valence-electron chi connectivity index (χ1n) is 7.85. The number of hydrogen-bond donors (Lipinski definition) is 0. The van der Waals surface area contributed by atoms with Crippen LogP contribution in [0.2, 0.25) is 0 Å². The van der Waals surface area contributed by atoms with Gasteiger partial charge in [0.2, 0.25) is 0 Å². The summed E-state index contributed by atoms with van der Waals surface area (Å²) in [7, 11) is 0. The topological polar surface area (TPSA) is 55.8 Å². The van der Waals surface area contributed by atoms with Gasteiger partial charge >= 0.3 is 11.9 Å². The van der Waals surface area contributed by atoms with E-state index >= 15 is 0 Å². The van der Waals surface area contributed by atoms with Crippen molar-refractivity contribution in [3.8, 4) is 0 Å². The maximum absolute atomic E-state index is 12.3. The predicted octanol–water partition coefficient (Wildman–Crippen LogP) is 2.52. The van der Waals surface area contributed by atoms with Gasteiger partial charge in [0.1, 0.15) is 17.2 Å². The quantitative estimate of drug-likeness (QED) is 0.730. The van der Waals surface area contributed by atoms with Crippen LogP contribution in [0.4, 0.5) is 0 Å². The number of cyclic esters (lactones) is 1. The molecule has 0 aromatic rings. The van der Waals surface area contributed by atoms with Crippen LogP contribution in [0.1, 0.15) is 60.8 Å². The zero-order valence-corrected chi connectivity index (χ0v) is 14.2. The second-order valence-corrected chi connectivity index (χ2v) is 6.68. The second-order valence-electron chi connectivity index (χ2n) is 6.68. The highest BCUT2D eigenvalue weighted by atomic mass is 16.6. The molecule has 0 aromatic heterocycles. The fraction of sp³-hybridized carbons (Fsp3) is 0.875. The molecule has 1 rings (SSSR count). The molecule has 1 heterocycles. The van der Waals surface area contributed by atoms with Crippen molar-refractivity contribution < 1.29 is 19.1 Å². The number of esters is 2. The average Bonchev–Trinajstić information content (AvgIpc) is 2.38. The van der Waals surface area contributed by atoms with Crippen molar-refractivity contribution >= 4 is 11.9 Å². The van der Waals surface area contributed by atoms with Gasteiger partial charge in [0, 0.05) is 6.54 Å². The van der Waals surface area contributed by atoms with E-state index < -0.39 is 17.2 Å². The van der Waals surface area contributed by atoms with Gasteiger partial charge in [-0.2, -0.15) is 0 Å². The summed E-state index contributed by atoms with van der Waals surface area (Å²) in [6.45, 7) is 12.9. The molecule has 0 bridgehead atoms. The number of carbonyl (C=O) groups excluding carboxylic acids is 2. The molecule has 5 heteroatoms. The average molecular weight is 299 g/mol. The number of ether oxygens (including phenoxy) is 2. The molecular weight excluding hydrogens is 270 g/mol. The van der Waals surface area contributed by atoms with E-state index in [4.69, 9.17) is 9.47 Å². The Morgan fingerprint density at radius 1 is 1.33 bits per heavy atom. The molecule has 21 heavy (non-hydrogen) atoms. The van der Waals surface area contributed by atoms with Crippen LogP contribution in [0.5, 0.6) is 0 Å². The van der Waals surface area contributed by atoms with Gasteiger partial charge in [-0.05, 0) is 40.2 Å². The summed E-state index contributed by atoms with van der Waals surface area (Å²) in [5, 5.41) is 0. The molecule has 0 amide bonds. The van der Waals surface area contributed by atoms with Gasteiger partial charge in [-0.3, -0.25) is 14.5 Å². The molecule has 122 valence electrons. The van der Waals surface area contributed by atoms with E-state index in [2.05, 4.69) is 0 Å². The van der Waals surface area contributed by atoms with Crippen molar-refractivity contribution in [3.63, 3.8) is 0 Å². The number of carbonyl (C=O) groups is 2. The monoisotopic (exact) mass is 299 g/mol. The number of likely N-dealkylation sites (N-methyl/N-ethyl adjacent to an activating group) is 1. The van der Waals surface area contributed by atoms with Gasteiger partial charge in [-0.1, -0.05) is 20.8 Å². The Labute approximate surface area is 128 Å². The summed E-state index contributed by atoms with van der Waals surface area (Å²) < 4.78 is 11.0. The van der Waals surface area contributed by atoms with Crippen molar-refractivity contribution in [2.75, 3.05) is 13.1 Å². The first-order chi connectivity index (χ1) is 9.66. The lowest BCUT2D eigenvalue weighted by atomic mass is 9.92. The van der Waals surface area contributed by atoms with Crippen molar-refractivity contribution in [2.45, 2.75) is 78.0 Å². The minimum Gasteiger partial charge on any atom is -0.460 e. The third-order valence-electron chi connectivity index (χ3n) is 4.00. The number of nitrogens with zero attached hydrogens (tertiary/aromatic N) is 1. The molecular formula is C16H29NO4. The minimum atomic E-state index is -0.538. The van der Waals surface area contributed by atoms with Crippen LogP contribution in [0, 0.1) is 0 Å². The SMILES string of the molecule is CCN1CC(CC)(CC)OC(=O)C1CC(=O)OC(C)(C)C. The zero-order valence-electron chi connectivity index (χ0n) is 14.2. The van der Waals surface area contributed by atoms with Crippen LogP contribution in [-0.4, -0.2) is 47.2 Å². The van der Waals surface area contributed by atoms with Crippen molar-refractivity contribution in [1.82, 2.24) is 4.90 Å². The van der Waals surface area contributed by atoms with E-state index in [1.54, 1.807) is 0 Å². The van der Waals surface area contributed by atoms with Crippen LogP contribution in [0.15, 0.2) is 0 Å². The molecule has 1 atom stereocenters. The highest BCUT2D eigenvalue weighted by molar-refractivity contribution is 5.83. The van der Waals surface area contributed by atoms with Crippen LogP contribution in [0.25, 0.3) is 0 Å². The maximum atomic E-state index is 12.3. The van der Waals surface area contributed by atoms with Gasteiger partial charge in [-0.15, -0.1) is 0 Å². The maximum Gasteiger partial charge on any atom is 0.324 e. The standard InChI is InChI=1S/C16H29NO4/c1-7-16(8-2)11-17(9-3)12(14(19)21-16)10-13(18)20-15(4,5)6/h12H,7-11H2,1-6H3. The normalized spacial score (nSPS) is 22.8. The Morgan fingerprint density at radius 2 is 1.90 bits per heavy atom. The molecule has 1 fully saturated rings. The summed E-state index contributed by atoms with van der Waals surface area (Å²) in [4.78, 5) is 26.3. The van der Waals surface area contributed by atoms with Crippen molar-refractivity contribution in [2.24, 2.45) is 0 Å². The smallest absolute Gasteiger partial charge is 0.324 e. The molecule has 0 aliphatic carbocycles. The fourth-order valence-electron chi connectivity index (χ4n) is 2.65. The molecule has 1 aliphatic rings. The zero-order chi connectivity index (χ0) is 16.3. The summed E-state index contributed by atoms with van der Waals surface area (Å²) in [6, 6.07) is -0.531. The summed E-state index contributed by atoms with van der Waals surface area (Å²) in [5.41, 5.74) is -0.958. The third-order valence-corrected chi connectivity index (χ3v) is 4.00. The molecule has 5 nitrogen and oxygen atoms in total. The Hall–Kier alpha value is -1.10. The lowest BCUT2D eigenvalue weighted by Crippen LogP contribution is -2.59. The van der Waals surface area contributed by atoms with Gasteiger partial charge in [-0.25, -0.2) is 0 Å². The van der Waals surface area contributed by atoms with Gasteiger partial charge in [0.05, 0.1) is 6.42 Å². The van der Waals surface area contributed by atoms with Crippen molar-refractivity contribution in [3.05, 3.63) is 0 Å². The Morgan fingerprint density at radius 3 is 2.33 bits per heavy atom. The summed E-state index contributed by atoms with van der Waals surface area (Å²) in [5.74, 6) is -0.666. The first-order valence-corrected chi connectivity index (χ1v) is 7.85. The largest absolute Gasteiger partial charge is 0.460 e. The second kappa shape index (κ2) is 6.77. The third kappa shape index (κ3) is 4.70. The number of morpholine rings is 1. The van der Waals surface area contributed by atoms with Gasteiger partial charge < -0.3 is 9.47 Å². The molecule has 0 aromatic carbocycles. The summed E-state index contributed by atoms with van der Waals surface area (Å²) >= 11 is 0. The van der Waals surface area contributed by atoms with Crippen LogP contribution >= 0.6 is 0 Å². The Kier molecular flexibility index (Phi) is 5.79. The predicted molar refractivity (Wildman–Crippen MR) is 80.9 cm³/mol. The Bertz CT molecular complexity index is 382. The number of rotatable bonds is 5. The van der Waals surface area contributed by atoms with Gasteiger partial charge in [0.25, 0.3) is 0 Å². The van der Waals surface area contributed by atoms with Crippen LogP contribution < -0.4 is 0 Å². The van der Waals surface area contributed by atoms with Crippen LogP contribution in [0.3, 0.4) is 0 Å². The van der Waals surface area contributed by atoms with E-state index in [-0.39, 0.29) is 18.4 Å². The van der Waals surface area contributed by atoms with Crippen molar-refractivity contribution in [1.29, 1.82) is 0 Å². The van der Waals surface area contributed by atoms with E-state index in [1.165, 1.54) is 0 Å². The fourth-order valence-corrected chi connectivity index (χ4v) is 2.65. The molecule has 0 N–H and O–H groups in total. The Balaban J connectivity index is 2.79. The molecule has 1 unspecified atom stereocenters. The number of hydrogen-bond acceptors (Lipinski definition) is 5. The molecule has 0 radical (unpaired) electrons.